The Hall–Kier alpha value is -1.16. The van der Waals surface area contributed by atoms with Gasteiger partial charge < -0.3 is 10.5 Å². The maximum atomic E-state index is 5.70. The van der Waals surface area contributed by atoms with Crippen molar-refractivity contribution in [2.45, 2.75) is 53.0 Å². The highest BCUT2D eigenvalue weighted by atomic mass is 16.5. The summed E-state index contributed by atoms with van der Waals surface area (Å²) in [5, 5.41) is 0. The van der Waals surface area contributed by atoms with Crippen LogP contribution < -0.4 is 10.5 Å². The molecule has 0 aliphatic heterocycles. The molecule has 4 heteroatoms. The number of unbranched alkanes of at least 4 members (excludes halogenated alkanes) is 1. The molecule has 1 heterocycles. The fraction of sp³-hybridized carbons (Fsp3) is 0.714. The molecule has 0 aliphatic rings. The Morgan fingerprint density at radius 2 is 2.11 bits per heavy atom. The summed E-state index contributed by atoms with van der Waals surface area (Å²) >= 11 is 0. The van der Waals surface area contributed by atoms with Crippen molar-refractivity contribution in [3.05, 3.63) is 17.5 Å². The Kier molecular flexibility index (Phi) is 6.65. The maximum absolute atomic E-state index is 5.70. The van der Waals surface area contributed by atoms with E-state index in [4.69, 9.17) is 10.5 Å². The van der Waals surface area contributed by atoms with Crippen LogP contribution in [-0.2, 0) is 6.54 Å². The van der Waals surface area contributed by atoms with Crippen molar-refractivity contribution in [1.82, 2.24) is 9.97 Å². The Balaban J connectivity index is 2.53. The third kappa shape index (κ3) is 5.00. The SMILES string of the molecule is CCCCC(CC)COc1nc(C)cc(CN)n1. The molecule has 0 amide bonds. The quantitative estimate of drug-likeness (QED) is 0.771. The predicted molar refractivity (Wildman–Crippen MR) is 73.5 cm³/mol. The van der Waals surface area contributed by atoms with Crippen LogP contribution in [0.3, 0.4) is 0 Å². The molecule has 0 saturated carbocycles. The zero-order chi connectivity index (χ0) is 13.4. The van der Waals surface area contributed by atoms with Crippen LogP contribution in [-0.4, -0.2) is 16.6 Å². The van der Waals surface area contributed by atoms with Crippen LogP contribution in [0.4, 0.5) is 0 Å². The lowest BCUT2D eigenvalue weighted by Gasteiger charge is -2.14. The van der Waals surface area contributed by atoms with E-state index in [1.165, 1.54) is 19.3 Å². The van der Waals surface area contributed by atoms with E-state index in [2.05, 4.69) is 23.8 Å². The van der Waals surface area contributed by atoms with Crippen molar-refractivity contribution >= 4 is 0 Å². The molecule has 1 atom stereocenters. The van der Waals surface area contributed by atoms with Gasteiger partial charge in [0, 0.05) is 12.2 Å². The predicted octanol–water partition coefficient (Wildman–Crippen LogP) is 2.84. The first-order valence-corrected chi connectivity index (χ1v) is 6.87. The first kappa shape index (κ1) is 14.9. The molecule has 0 fully saturated rings. The summed E-state index contributed by atoms with van der Waals surface area (Å²) in [6.07, 6.45) is 4.83. The first-order chi connectivity index (χ1) is 8.69. The summed E-state index contributed by atoms with van der Waals surface area (Å²) in [5.74, 6) is 0.593. The molecule has 1 aromatic heterocycles. The van der Waals surface area contributed by atoms with Gasteiger partial charge in [0.1, 0.15) is 0 Å². The van der Waals surface area contributed by atoms with Gasteiger partial charge in [-0.2, -0.15) is 4.98 Å². The lowest BCUT2D eigenvalue weighted by atomic mass is 10.0. The summed E-state index contributed by atoms with van der Waals surface area (Å²) in [6.45, 7) is 7.47. The van der Waals surface area contributed by atoms with E-state index in [0.29, 0.717) is 25.1 Å². The molecule has 0 aromatic carbocycles. The molecule has 1 rings (SSSR count). The number of rotatable bonds is 8. The van der Waals surface area contributed by atoms with Crippen LogP contribution in [0, 0.1) is 12.8 Å². The van der Waals surface area contributed by atoms with Gasteiger partial charge in [0.15, 0.2) is 0 Å². The molecule has 102 valence electrons. The van der Waals surface area contributed by atoms with Crippen molar-refractivity contribution < 1.29 is 4.74 Å². The lowest BCUT2D eigenvalue weighted by molar-refractivity contribution is 0.217. The number of nitrogens with zero attached hydrogens (tertiary/aromatic N) is 2. The Morgan fingerprint density at radius 3 is 2.72 bits per heavy atom. The third-order valence-electron chi connectivity index (χ3n) is 3.09. The van der Waals surface area contributed by atoms with Gasteiger partial charge in [0.2, 0.25) is 0 Å². The third-order valence-corrected chi connectivity index (χ3v) is 3.09. The van der Waals surface area contributed by atoms with E-state index in [1.54, 1.807) is 0 Å². The molecule has 0 spiro atoms. The topological polar surface area (TPSA) is 61.0 Å². The van der Waals surface area contributed by atoms with Crippen LogP contribution in [0.15, 0.2) is 6.07 Å². The second-order valence-electron chi connectivity index (χ2n) is 4.71. The van der Waals surface area contributed by atoms with Gasteiger partial charge in [-0.15, -0.1) is 0 Å². The highest BCUT2D eigenvalue weighted by molar-refractivity contribution is 5.12. The molecule has 4 nitrogen and oxygen atoms in total. The minimum atomic E-state index is 0.423. The monoisotopic (exact) mass is 251 g/mol. The average molecular weight is 251 g/mol. The molecular weight excluding hydrogens is 226 g/mol. The van der Waals surface area contributed by atoms with Crippen molar-refractivity contribution in [3.63, 3.8) is 0 Å². The van der Waals surface area contributed by atoms with E-state index in [-0.39, 0.29) is 0 Å². The van der Waals surface area contributed by atoms with Crippen LogP contribution in [0.5, 0.6) is 6.01 Å². The second-order valence-corrected chi connectivity index (χ2v) is 4.71. The second kappa shape index (κ2) is 8.03. The highest BCUT2D eigenvalue weighted by Gasteiger charge is 2.09. The summed E-state index contributed by atoms with van der Waals surface area (Å²) in [5.41, 5.74) is 7.33. The number of aryl methyl sites for hydroxylation is 1. The number of hydrogen-bond acceptors (Lipinski definition) is 4. The normalized spacial score (nSPS) is 12.4. The van der Waals surface area contributed by atoms with Gasteiger partial charge in [0.05, 0.1) is 12.3 Å². The van der Waals surface area contributed by atoms with Crippen molar-refractivity contribution in [2.24, 2.45) is 11.7 Å². The van der Waals surface area contributed by atoms with Gasteiger partial charge in [-0.25, -0.2) is 4.98 Å². The standard InChI is InChI=1S/C14H25N3O/c1-4-6-7-12(5-2)10-18-14-16-11(3)8-13(9-15)17-14/h8,12H,4-7,9-10,15H2,1-3H3. The largest absolute Gasteiger partial charge is 0.463 e. The summed E-state index contributed by atoms with van der Waals surface area (Å²) in [4.78, 5) is 8.56. The van der Waals surface area contributed by atoms with E-state index < -0.39 is 0 Å². The van der Waals surface area contributed by atoms with E-state index in [1.807, 2.05) is 13.0 Å². The zero-order valence-electron chi connectivity index (χ0n) is 11.8. The van der Waals surface area contributed by atoms with E-state index in [0.717, 1.165) is 17.8 Å². The fourth-order valence-electron chi connectivity index (χ4n) is 1.86. The summed E-state index contributed by atoms with van der Waals surface area (Å²) < 4.78 is 5.70. The van der Waals surface area contributed by atoms with Gasteiger partial charge >= 0.3 is 6.01 Å². The average Bonchev–Trinajstić information content (AvgIpc) is 2.38. The minimum absolute atomic E-state index is 0.423. The fourth-order valence-corrected chi connectivity index (χ4v) is 1.86. The van der Waals surface area contributed by atoms with Crippen LogP contribution in [0.2, 0.25) is 0 Å². The molecule has 2 N–H and O–H groups in total. The molecule has 1 unspecified atom stereocenters. The molecule has 0 radical (unpaired) electrons. The van der Waals surface area contributed by atoms with Crippen LogP contribution in [0.25, 0.3) is 0 Å². The molecule has 1 aromatic rings. The number of ether oxygens (including phenoxy) is 1. The Bertz CT molecular complexity index is 355. The van der Waals surface area contributed by atoms with Gasteiger partial charge in [-0.1, -0.05) is 33.1 Å². The number of hydrogen-bond donors (Lipinski definition) is 1. The van der Waals surface area contributed by atoms with Crippen molar-refractivity contribution in [1.29, 1.82) is 0 Å². The van der Waals surface area contributed by atoms with E-state index in [9.17, 15) is 0 Å². The maximum Gasteiger partial charge on any atom is 0.316 e. The Labute approximate surface area is 110 Å². The van der Waals surface area contributed by atoms with Crippen molar-refractivity contribution in [2.75, 3.05) is 6.61 Å². The molecule has 18 heavy (non-hydrogen) atoms. The lowest BCUT2D eigenvalue weighted by Crippen LogP contribution is -2.14. The number of nitrogens with two attached hydrogens (primary N) is 1. The minimum Gasteiger partial charge on any atom is -0.463 e. The van der Waals surface area contributed by atoms with Gasteiger partial charge in [-0.3, -0.25) is 0 Å². The zero-order valence-corrected chi connectivity index (χ0v) is 11.8. The Morgan fingerprint density at radius 1 is 1.33 bits per heavy atom. The van der Waals surface area contributed by atoms with Gasteiger partial charge in [-0.05, 0) is 25.3 Å². The smallest absolute Gasteiger partial charge is 0.316 e. The highest BCUT2D eigenvalue weighted by Crippen LogP contribution is 2.14. The molecule has 0 bridgehead atoms. The first-order valence-electron chi connectivity index (χ1n) is 6.87. The van der Waals surface area contributed by atoms with Gasteiger partial charge in [0.25, 0.3) is 0 Å². The molecular formula is C14H25N3O. The van der Waals surface area contributed by atoms with E-state index >= 15 is 0 Å². The summed E-state index contributed by atoms with van der Waals surface area (Å²) in [7, 11) is 0. The van der Waals surface area contributed by atoms with Crippen LogP contribution in [0.1, 0.15) is 50.9 Å². The van der Waals surface area contributed by atoms with Crippen LogP contribution >= 0.6 is 0 Å². The molecule has 0 saturated heterocycles. The molecule has 0 aliphatic carbocycles. The summed E-state index contributed by atoms with van der Waals surface area (Å²) in [6, 6.07) is 2.35. The number of aromatic nitrogens is 2. The van der Waals surface area contributed by atoms with Crippen molar-refractivity contribution in [3.8, 4) is 6.01 Å².